The molecular weight excluding hydrogens is 454 g/mol. The van der Waals surface area contributed by atoms with Gasteiger partial charge in [-0.2, -0.15) is 0 Å². The second kappa shape index (κ2) is 6.42. The number of H-pyrrole nitrogens is 1. The third kappa shape index (κ3) is 2.09. The third-order valence-corrected chi connectivity index (χ3v) is 8.37. The number of hydrogen-bond donors (Lipinski definition) is 1. The molecule has 4 nitrogen and oxygen atoms in total. The number of nitrogens with one attached hydrogen (secondary N) is 1. The molecule has 2 aromatic heterocycles. The number of benzene rings is 5. The van der Waals surface area contributed by atoms with Crippen molar-refractivity contribution in [3.63, 3.8) is 0 Å². The maximum atomic E-state index is 14.0. The van der Waals surface area contributed by atoms with Crippen molar-refractivity contribution in [2.45, 2.75) is 5.41 Å². The van der Waals surface area contributed by atoms with E-state index in [-0.39, 0.29) is 5.56 Å². The van der Waals surface area contributed by atoms with Crippen molar-refractivity contribution in [3.8, 4) is 22.3 Å². The Kier molecular flexibility index (Phi) is 3.34. The van der Waals surface area contributed by atoms with E-state index in [1.807, 2.05) is 24.3 Å². The molecule has 0 saturated carbocycles. The Balaban J connectivity index is 1.58. The van der Waals surface area contributed by atoms with Crippen LogP contribution in [-0.2, 0) is 5.41 Å². The fourth-order valence-corrected chi connectivity index (χ4v) is 7.05. The zero-order valence-corrected chi connectivity index (χ0v) is 19.7. The van der Waals surface area contributed by atoms with Gasteiger partial charge in [-0.1, -0.05) is 91.0 Å². The summed E-state index contributed by atoms with van der Waals surface area (Å²) in [6, 6.07) is 38.0. The first-order valence-corrected chi connectivity index (χ1v) is 12.5. The molecule has 9 rings (SSSR count). The van der Waals surface area contributed by atoms with Gasteiger partial charge in [0.1, 0.15) is 0 Å². The van der Waals surface area contributed by atoms with E-state index in [9.17, 15) is 4.79 Å². The van der Waals surface area contributed by atoms with Crippen LogP contribution in [0.15, 0.2) is 114 Å². The molecule has 4 heteroatoms. The molecule has 2 aliphatic carbocycles. The quantitative estimate of drug-likeness (QED) is 0.267. The SMILES string of the molecule is O=c1c2ccccc2[nH]c2nc3ccc4c(c3n12)C1(c2ccccc2-c2ccccc21)c1ccccc1-4. The van der Waals surface area contributed by atoms with Crippen molar-refractivity contribution < 1.29 is 0 Å². The van der Waals surface area contributed by atoms with Crippen molar-refractivity contribution in [2.24, 2.45) is 0 Å². The van der Waals surface area contributed by atoms with Crippen molar-refractivity contribution >= 4 is 27.7 Å². The Hall–Kier alpha value is -4.96. The summed E-state index contributed by atoms with van der Waals surface area (Å²) in [7, 11) is 0. The molecule has 0 saturated heterocycles. The minimum atomic E-state index is -0.535. The smallest absolute Gasteiger partial charge is 0.267 e. The maximum Gasteiger partial charge on any atom is 0.267 e. The Morgan fingerprint density at radius 1 is 0.622 bits per heavy atom. The Morgan fingerprint density at radius 3 is 1.86 bits per heavy atom. The van der Waals surface area contributed by atoms with Gasteiger partial charge in [0.15, 0.2) is 0 Å². The predicted molar refractivity (Wildman–Crippen MR) is 147 cm³/mol. The summed E-state index contributed by atoms with van der Waals surface area (Å²) in [5, 5.41) is 0.656. The van der Waals surface area contributed by atoms with E-state index in [2.05, 4.69) is 89.9 Å². The minimum absolute atomic E-state index is 0.0501. The van der Waals surface area contributed by atoms with E-state index in [4.69, 9.17) is 4.98 Å². The van der Waals surface area contributed by atoms with Gasteiger partial charge in [0, 0.05) is 5.56 Å². The molecule has 2 aliphatic rings. The number of imidazole rings is 1. The molecule has 37 heavy (non-hydrogen) atoms. The van der Waals surface area contributed by atoms with E-state index in [0.717, 1.165) is 27.7 Å². The van der Waals surface area contributed by atoms with Gasteiger partial charge >= 0.3 is 0 Å². The molecule has 1 N–H and O–H groups in total. The highest BCUT2D eigenvalue weighted by molar-refractivity contribution is 6.03. The van der Waals surface area contributed by atoms with Crippen molar-refractivity contribution in [1.82, 2.24) is 14.4 Å². The van der Waals surface area contributed by atoms with Gasteiger partial charge in [0.25, 0.3) is 5.56 Å². The molecule has 0 fully saturated rings. The van der Waals surface area contributed by atoms with E-state index in [1.165, 1.54) is 33.4 Å². The molecule has 0 amide bonds. The molecule has 0 aliphatic heterocycles. The first kappa shape index (κ1) is 19.3. The lowest BCUT2D eigenvalue weighted by Gasteiger charge is -2.30. The van der Waals surface area contributed by atoms with E-state index in [0.29, 0.717) is 11.2 Å². The molecule has 1 spiro atoms. The van der Waals surface area contributed by atoms with E-state index < -0.39 is 5.41 Å². The number of para-hydroxylation sites is 1. The molecular formula is C33H19N3O. The van der Waals surface area contributed by atoms with Gasteiger partial charge in [0.05, 0.1) is 27.4 Å². The Morgan fingerprint density at radius 2 is 1.19 bits per heavy atom. The van der Waals surface area contributed by atoms with Gasteiger partial charge in [-0.25, -0.2) is 9.38 Å². The molecule has 5 aromatic carbocycles. The van der Waals surface area contributed by atoms with Crippen LogP contribution in [0.2, 0.25) is 0 Å². The summed E-state index contributed by atoms with van der Waals surface area (Å²) in [6.45, 7) is 0. The second-order valence-electron chi connectivity index (χ2n) is 9.99. The lowest BCUT2D eigenvalue weighted by Crippen LogP contribution is -2.27. The third-order valence-electron chi connectivity index (χ3n) is 8.37. The average Bonchev–Trinajstić information content (AvgIpc) is 3.57. The summed E-state index contributed by atoms with van der Waals surface area (Å²) in [5.74, 6) is 0.567. The zero-order valence-electron chi connectivity index (χ0n) is 19.7. The second-order valence-corrected chi connectivity index (χ2v) is 9.99. The molecule has 2 heterocycles. The van der Waals surface area contributed by atoms with Crippen LogP contribution in [0.4, 0.5) is 0 Å². The number of fused-ring (bicyclic) bond motifs is 15. The van der Waals surface area contributed by atoms with Crippen LogP contribution < -0.4 is 5.56 Å². The Bertz CT molecular complexity index is 2120. The largest absolute Gasteiger partial charge is 0.324 e. The molecule has 0 radical (unpaired) electrons. The topological polar surface area (TPSA) is 50.2 Å². The fourth-order valence-electron chi connectivity index (χ4n) is 7.05. The van der Waals surface area contributed by atoms with Crippen LogP contribution in [0.3, 0.4) is 0 Å². The molecule has 172 valence electrons. The first-order chi connectivity index (χ1) is 18.3. The summed E-state index contributed by atoms with van der Waals surface area (Å²) in [4.78, 5) is 22.4. The number of aromatic amines is 1. The number of nitrogens with zero attached hydrogens (tertiary/aromatic N) is 2. The van der Waals surface area contributed by atoms with Crippen LogP contribution in [0, 0.1) is 0 Å². The van der Waals surface area contributed by atoms with Gasteiger partial charge in [-0.3, -0.25) is 4.79 Å². The molecule has 0 bridgehead atoms. The summed E-state index contributed by atoms with van der Waals surface area (Å²) in [6.07, 6.45) is 0. The maximum absolute atomic E-state index is 14.0. The van der Waals surface area contributed by atoms with Crippen molar-refractivity contribution in [3.05, 3.63) is 142 Å². The van der Waals surface area contributed by atoms with Gasteiger partial charge in [-0.05, 0) is 57.1 Å². The highest BCUT2D eigenvalue weighted by atomic mass is 16.1. The van der Waals surface area contributed by atoms with Crippen LogP contribution in [0.25, 0.3) is 50.0 Å². The van der Waals surface area contributed by atoms with Gasteiger partial charge in [0.2, 0.25) is 5.78 Å². The van der Waals surface area contributed by atoms with Gasteiger partial charge in [-0.15, -0.1) is 0 Å². The number of rotatable bonds is 0. The van der Waals surface area contributed by atoms with Crippen LogP contribution >= 0.6 is 0 Å². The zero-order chi connectivity index (χ0) is 24.3. The first-order valence-electron chi connectivity index (χ1n) is 12.5. The monoisotopic (exact) mass is 473 g/mol. The standard InChI is InChI=1S/C33H19N3O/c37-31-23-12-4-8-16-27(23)34-32-35-28-18-17-22-21-11-3-7-15-26(21)33(29(22)30(28)36(31)32)24-13-5-1-9-19(24)20-10-2-6-14-25(20)33/h1-18H,(H,34,35). The average molecular weight is 474 g/mol. The fraction of sp³-hybridized carbons (Fsp3) is 0.0303. The van der Waals surface area contributed by atoms with Crippen molar-refractivity contribution in [2.75, 3.05) is 0 Å². The highest BCUT2D eigenvalue weighted by Gasteiger charge is 2.52. The molecule has 7 aromatic rings. The number of hydrogen-bond acceptors (Lipinski definition) is 2. The van der Waals surface area contributed by atoms with Crippen LogP contribution in [0.5, 0.6) is 0 Å². The lowest BCUT2D eigenvalue weighted by molar-refractivity contribution is 0.797. The summed E-state index contributed by atoms with van der Waals surface area (Å²) in [5.41, 5.74) is 11.6. The molecule has 0 atom stereocenters. The predicted octanol–water partition coefficient (Wildman–Crippen LogP) is 6.67. The van der Waals surface area contributed by atoms with E-state index in [1.54, 1.807) is 4.40 Å². The van der Waals surface area contributed by atoms with Crippen molar-refractivity contribution in [1.29, 1.82) is 0 Å². The van der Waals surface area contributed by atoms with E-state index >= 15 is 0 Å². The highest BCUT2D eigenvalue weighted by Crippen LogP contribution is 2.63. The molecule has 0 unspecified atom stereocenters. The Labute approximate surface area is 211 Å². The van der Waals surface area contributed by atoms with Crippen LogP contribution in [-0.4, -0.2) is 14.4 Å². The number of aromatic nitrogens is 3. The minimum Gasteiger partial charge on any atom is -0.324 e. The summed E-state index contributed by atoms with van der Waals surface area (Å²) >= 11 is 0. The summed E-state index contributed by atoms with van der Waals surface area (Å²) < 4.78 is 1.80. The normalized spacial score (nSPS) is 14.3. The lowest BCUT2D eigenvalue weighted by atomic mass is 9.70. The van der Waals surface area contributed by atoms with Crippen LogP contribution in [0.1, 0.15) is 22.3 Å². The van der Waals surface area contributed by atoms with Gasteiger partial charge < -0.3 is 4.98 Å².